The van der Waals surface area contributed by atoms with Crippen LogP contribution in [0.2, 0.25) is 0 Å². The van der Waals surface area contributed by atoms with Gasteiger partial charge in [0.1, 0.15) is 5.54 Å². The predicted octanol–water partition coefficient (Wildman–Crippen LogP) is -0.494. The first-order valence-electron chi connectivity index (χ1n) is 6.94. The highest BCUT2D eigenvalue weighted by atomic mass is 16.6. The molecule has 0 aromatic heterocycles. The first-order valence-corrected chi connectivity index (χ1v) is 6.94. The van der Waals surface area contributed by atoms with E-state index in [2.05, 4.69) is 5.32 Å². The van der Waals surface area contributed by atoms with E-state index in [9.17, 15) is 19.7 Å². The molecule has 1 aromatic carbocycles. The Bertz CT molecular complexity index is 614. The van der Waals surface area contributed by atoms with Crippen molar-refractivity contribution in [3.8, 4) is 0 Å². The van der Waals surface area contributed by atoms with E-state index >= 15 is 0 Å². The van der Waals surface area contributed by atoms with Crippen molar-refractivity contribution in [2.75, 3.05) is 27.2 Å². The highest BCUT2D eigenvalue weighted by molar-refractivity contribution is 6.07. The fourth-order valence-corrected chi connectivity index (χ4v) is 2.35. The number of hydrogen-bond acceptors (Lipinski definition) is 4. The normalized spacial score (nSPS) is 21.4. The van der Waals surface area contributed by atoms with Gasteiger partial charge in [-0.2, -0.15) is 0 Å². The summed E-state index contributed by atoms with van der Waals surface area (Å²) in [5.74, 6) is -0.340. The Morgan fingerprint density at radius 1 is 1.27 bits per heavy atom. The van der Waals surface area contributed by atoms with Crippen LogP contribution in [0.5, 0.6) is 0 Å². The fourth-order valence-electron chi connectivity index (χ4n) is 2.35. The minimum Gasteiger partial charge on any atom is -0.338 e. The standard InChI is InChI=1S/C14H18N4O4/c1-14(10-4-6-11(7-5-10)18(21)22)12(19)17(13(20)15-14)9-8-16(2)3/h4-7H,8-9H2,1-3H3,(H,15,20)/p+1/t14-/m0/s1. The zero-order valence-corrected chi connectivity index (χ0v) is 12.8. The van der Waals surface area contributed by atoms with Gasteiger partial charge < -0.3 is 10.2 Å². The minimum atomic E-state index is -1.19. The van der Waals surface area contributed by atoms with E-state index < -0.39 is 16.5 Å². The van der Waals surface area contributed by atoms with E-state index in [0.29, 0.717) is 18.7 Å². The highest BCUT2D eigenvalue weighted by Gasteiger charge is 2.49. The van der Waals surface area contributed by atoms with Crippen molar-refractivity contribution in [2.45, 2.75) is 12.5 Å². The van der Waals surface area contributed by atoms with E-state index in [0.717, 1.165) is 4.90 Å². The Morgan fingerprint density at radius 2 is 1.86 bits per heavy atom. The molecule has 118 valence electrons. The third-order valence-corrected chi connectivity index (χ3v) is 3.77. The average molecular weight is 307 g/mol. The summed E-state index contributed by atoms with van der Waals surface area (Å²) in [7, 11) is 3.88. The number of nitrogens with one attached hydrogen (secondary N) is 2. The van der Waals surface area contributed by atoms with Gasteiger partial charge >= 0.3 is 6.03 Å². The molecule has 8 heteroatoms. The number of likely N-dealkylation sites (N-methyl/N-ethyl adjacent to an activating group) is 1. The van der Waals surface area contributed by atoms with Crippen LogP contribution in [0.3, 0.4) is 0 Å². The average Bonchev–Trinajstić information content (AvgIpc) is 2.68. The molecule has 1 heterocycles. The number of carbonyl (C=O) groups excluding carboxylic acids is 2. The highest BCUT2D eigenvalue weighted by Crippen LogP contribution is 2.29. The van der Waals surface area contributed by atoms with Gasteiger partial charge in [-0.1, -0.05) is 0 Å². The number of hydrogen-bond donors (Lipinski definition) is 2. The van der Waals surface area contributed by atoms with E-state index in [-0.39, 0.29) is 11.6 Å². The van der Waals surface area contributed by atoms with E-state index in [1.807, 2.05) is 14.1 Å². The van der Waals surface area contributed by atoms with E-state index in [1.165, 1.54) is 29.2 Å². The van der Waals surface area contributed by atoms with Gasteiger partial charge in [0, 0.05) is 12.1 Å². The maximum Gasteiger partial charge on any atom is 0.325 e. The van der Waals surface area contributed by atoms with Crippen molar-refractivity contribution in [1.29, 1.82) is 0 Å². The van der Waals surface area contributed by atoms with Crippen molar-refractivity contribution >= 4 is 17.6 Å². The smallest absolute Gasteiger partial charge is 0.325 e. The Morgan fingerprint density at radius 3 is 2.36 bits per heavy atom. The van der Waals surface area contributed by atoms with Gasteiger partial charge in [-0.3, -0.25) is 19.8 Å². The van der Waals surface area contributed by atoms with Gasteiger partial charge in [0.25, 0.3) is 11.6 Å². The summed E-state index contributed by atoms with van der Waals surface area (Å²) in [4.78, 5) is 37.1. The number of nitrogens with zero attached hydrogens (tertiary/aromatic N) is 2. The Labute approximate surface area is 127 Å². The first kappa shape index (κ1) is 15.9. The number of nitro groups is 1. The number of carbonyl (C=O) groups is 2. The number of nitro benzene ring substituents is 1. The summed E-state index contributed by atoms with van der Waals surface area (Å²) >= 11 is 0. The van der Waals surface area contributed by atoms with Gasteiger partial charge in [-0.25, -0.2) is 4.79 Å². The lowest BCUT2D eigenvalue weighted by atomic mass is 9.92. The lowest BCUT2D eigenvalue weighted by Crippen LogP contribution is -3.06. The number of rotatable bonds is 5. The van der Waals surface area contributed by atoms with Gasteiger partial charge in [-0.15, -0.1) is 0 Å². The number of urea groups is 1. The fraction of sp³-hybridized carbons (Fsp3) is 0.429. The number of benzene rings is 1. The van der Waals surface area contributed by atoms with Gasteiger partial charge in [0.15, 0.2) is 0 Å². The van der Waals surface area contributed by atoms with Crippen LogP contribution in [0, 0.1) is 10.1 Å². The molecule has 0 bridgehead atoms. The second-order valence-electron chi connectivity index (χ2n) is 5.77. The molecule has 1 atom stereocenters. The maximum absolute atomic E-state index is 12.6. The van der Waals surface area contributed by atoms with Gasteiger partial charge in [0.2, 0.25) is 0 Å². The van der Waals surface area contributed by atoms with Gasteiger partial charge in [-0.05, 0) is 24.6 Å². The second-order valence-corrected chi connectivity index (χ2v) is 5.77. The Balaban J connectivity index is 2.24. The van der Waals surface area contributed by atoms with Crippen molar-refractivity contribution in [2.24, 2.45) is 0 Å². The number of amides is 3. The van der Waals surface area contributed by atoms with Crippen LogP contribution in [0.1, 0.15) is 12.5 Å². The van der Waals surface area contributed by atoms with Crippen molar-refractivity contribution in [3.63, 3.8) is 0 Å². The van der Waals surface area contributed by atoms with Crippen molar-refractivity contribution in [1.82, 2.24) is 10.2 Å². The third-order valence-electron chi connectivity index (χ3n) is 3.77. The SMILES string of the molecule is C[NH+](C)CCN1C(=O)N[C@@](C)(c2ccc([N+](=O)[O-])cc2)C1=O. The summed E-state index contributed by atoms with van der Waals surface area (Å²) in [5, 5.41) is 13.4. The zero-order chi connectivity index (χ0) is 16.5. The maximum atomic E-state index is 12.6. The number of quaternary nitrogens is 1. The number of non-ortho nitro benzene ring substituents is 1. The lowest BCUT2D eigenvalue weighted by molar-refractivity contribution is -0.857. The predicted molar refractivity (Wildman–Crippen MR) is 78.4 cm³/mol. The topological polar surface area (TPSA) is 97.0 Å². The largest absolute Gasteiger partial charge is 0.338 e. The Kier molecular flexibility index (Phi) is 4.14. The molecule has 0 saturated carbocycles. The van der Waals surface area contributed by atoms with Crippen LogP contribution in [-0.2, 0) is 10.3 Å². The summed E-state index contributed by atoms with van der Waals surface area (Å²) in [6, 6.07) is 5.21. The molecule has 2 N–H and O–H groups in total. The third kappa shape index (κ3) is 2.77. The minimum absolute atomic E-state index is 0.0582. The monoisotopic (exact) mass is 307 g/mol. The van der Waals surface area contributed by atoms with Crippen LogP contribution in [0.4, 0.5) is 10.5 Å². The summed E-state index contributed by atoms with van der Waals surface area (Å²) in [6.45, 7) is 2.59. The molecule has 0 unspecified atom stereocenters. The molecular weight excluding hydrogens is 288 g/mol. The zero-order valence-electron chi connectivity index (χ0n) is 12.8. The van der Waals surface area contributed by atoms with Crippen molar-refractivity contribution in [3.05, 3.63) is 39.9 Å². The van der Waals surface area contributed by atoms with Crippen molar-refractivity contribution < 1.29 is 19.4 Å². The molecule has 1 aliphatic heterocycles. The molecule has 0 radical (unpaired) electrons. The van der Waals surface area contributed by atoms with Crippen LogP contribution >= 0.6 is 0 Å². The molecule has 2 rings (SSSR count). The molecule has 1 aromatic rings. The molecule has 3 amide bonds. The lowest BCUT2D eigenvalue weighted by Gasteiger charge is -2.22. The first-order chi connectivity index (χ1) is 10.3. The van der Waals surface area contributed by atoms with Crippen LogP contribution in [-0.4, -0.2) is 48.9 Å². The van der Waals surface area contributed by atoms with E-state index in [4.69, 9.17) is 0 Å². The van der Waals surface area contributed by atoms with Crippen LogP contribution < -0.4 is 10.2 Å². The second kappa shape index (κ2) is 5.72. The van der Waals surface area contributed by atoms with E-state index in [1.54, 1.807) is 6.92 Å². The molecular formula is C14H19N4O4+. The molecule has 22 heavy (non-hydrogen) atoms. The summed E-state index contributed by atoms with van der Waals surface area (Å²) < 4.78 is 0. The van der Waals surface area contributed by atoms with Crippen LogP contribution in [0.25, 0.3) is 0 Å². The molecule has 1 aliphatic rings. The van der Waals surface area contributed by atoms with Crippen LogP contribution in [0.15, 0.2) is 24.3 Å². The number of imide groups is 1. The molecule has 8 nitrogen and oxygen atoms in total. The Hall–Kier alpha value is -2.48. The molecule has 0 aliphatic carbocycles. The quantitative estimate of drug-likeness (QED) is 0.436. The molecule has 1 fully saturated rings. The molecule has 0 spiro atoms. The molecule has 1 saturated heterocycles. The van der Waals surface area contributed by atoms with Gasteiger partial charge in [0.05, 0.1) is 32.1 Å². The summed E-state index contributed by atoms with van der Waals surface area (Å²) in [5.41, 5.74) is -0.721. The summed E-state index contributed by atoms with van der Waals surface area (Å²) in [6.07, 6.45) is 0.